The highest BCUT2D eigenvalue weighted by molar-refractivity contribution is 9.10. The molecule has 0 atom stereocenters. The fourth-order valence-corrected chi connectivity index (χ4v) is 3.71. The van der Waals surface area contributed by atoms with E-state index < -0.39 is 0 Å². The average molecular weight is 425 g/mol. The molecule has 0 aliphatic heterocycles. The number of amides is 1. The van der Waals surface area contributed by atoms with Crippen molar-refractivity contribution in [1.29, 1.82) is 0 Å². The predicted molar refractivity (Wildman–Crippen MR) is 111 cm³/mol. The maximum atomic E-state index is 12.6. The standard InChI is InChI=1S/C21H21BrN4O/c22-17-9-5-4-8-16(17)20-18(12-14-10-11-14)25-21(23)26(20)13-19(27)24-15-6-2-1-3-7-15/h1-9,14H,10-13H2,(H2,23,25)(H,24,27). The van der Waals surface area contributed by atoms with Crippen LogP contribution in [0, 0.1) is 5.92 Å². The van der Waals surface area contributed by atoms with Crippen LogP contribution in [0.3, 0.4) is 0 Å². The third-order valence-corrected chi connectivity index (χ3v) is 5.43. The Kier molecular flexibility index (Phi) is 4.99. The number of carbonyl (C=O) groups is 1. The van der Waals surface area contributed by atoms with Crippen LogP contribution in [0.4, 0.5) is 11.6 Å². The van der Waals surface area contributed by atoms with Crippen molar-refractivity contribution in [2.24, 2.45) is 5.92 Å². The molecule has 2 aromatic carbocycles. The number of benzene rings is 2. The van der Waals surface area contributed by atoms with Crippen molar-refractivity contribution in [3.05, 3.63) is 64.8 Å². The second-order valence-electron chi connectivity index (χ2n) is 6.89. The number of nitrogens with zero attached hydrogens (tertiary/aromatic N) is 2. The first-order chi connectivity index (χ1) is 13.1. The smallest absolute Gasteiger partial charge is 0.244 e. The van der Waals surface area contributed by atoms with Gasteiger partial charge in [0.1, 0.15) is 6.54 Å². The van der Waals surface area contributed by atoms with Crippen molar-refractivity contribution in [1.82, 2.24) is 9.55 Å². The lowest BCUT2D eigenvalue weighted by molar-refractivity contribution is -0.116. The van der Waals surface area contributed by atoms with Crippen molar-refractivity contribution in [2.45, 2.75) is 25.8 Å². The van der Waals surface area contributed by atoms with Crippen molar-refractivity contribution >= 4 is 33.5 Å². The first-order valence-electron chi connectivity index (χ1n) is 9.06. The fourth-order valence-electron chi connectivity index (χ4n) is 3.24. The van der Waals surface area contributed by atoms with E-state index in [0.717, 1.165) is 33.5 Å². The SMILES string of the molecule is Nc1nc(CC2CC2)c(-c2ccccc2Br)n1CC(=O)Nc1ccccc1. The van der Waals surface area contributed by atoms with Gasteiger partial charge in [0.15, 0.2) is 0 Å². The summed E-state index contributed by atoms with van der Waals surface area (Å²) in [4.78, 5) is 17.2. The Bertz CT molecular complexity index is 964. The van der Waals surface area contributed by atoms with Gasteiger partial charge in [0.05, 0.1) is 11.4 Å². The Morgan fingerprint density at radius 1 is 1.15 bits per heavy atom. The zero-order valence-electron chi connectivity index (χ0n) is 14.9. The number of nitrogens with one attached hydrogen (secondary N) is 1. The predicted octanol–water partition coefficient (Wildman–Crippen LogP) is 4.49. The summed E-state index contributed by atoms with van der Waals surface area (Å²) in [5, 5.41) is 2.92. The van der Waals surface area contributed by atoms with Gasteiger partial charge in [-0.05, 0) is 43.4 Å². The molecule has 3 N–H and O–H groups in total. The molecular weight excluding hydrogens is 404 g/mol. The number of nitrogens with two attached hydrogens (primary N) is 1. The van der Waals surface area contributed by atoms with Crippen molar-refractivity contribution in [3.63, 3.8) is 0 Å². The number of para-hydroxylation sites is 1. The highest BCUT2D eigenvalue weighted by atomic mass is 79.9. The van der Waals surface area contributed by atoms with E-state index in [1.165, 1.54) is 12.8 Å². The third kappa shape index (κ3) is 4.06. The molecule has 0 saturated heterocycles. The maximum absolute atomic E-state index is 12.6. The van der Waals surface area contributed by atoms with Gasteiger partial charge in [0, 0.05) is 15.7 Å². The third-order valence-electron chi connectivity index (χ3n) is 4.74. The monoisotopic (exact) mass is 424 g/mol. The Balaban J connectivity index is 1.68. The lowest BCUT2D eigenvalue weighted by Gasteiger charge is -2.13. The summed E-state index contributed by atoms with van der Waals surface area (Å²) >= 11 is 3.63. The number of aromatic nitrogens is 2. The molecule has 1 aromatic heterocycles. The molecule has 0 radical (unpaired) electrons. The first-order valence-corrected chi connectivity index (χ1v) is 9.86. The minimum atomic E-state index is -0.128. The molecule has 0 bridgehead atoms. The van der Waals surface area contributed by atoms with E-state index in [1.807, 2.05) is 59.2 Å². The minimum Gasteiger partial charge on any atom is -0.369 e. The largest absolute Gasteiger partial charge is 0.369 e. The summed E-state index contributed by atoms with van der Waals surface area (Å²) < 4.78 is 2.78. The fraction of sp³-hybridized carbons (Fsp3) is 0.238. The lowest BCUT2D eigenvalue weighted by atomic mass is 10.1. The van der Waals surface area contributed by atoms with Crippen LogP contribution in [-0.2, 0) is 17.8 Å². The molecule has 1 fully saturated rings. The first kappa shape index (κ1) is 17.8. The van der Waals surface area contributed by atoms with Gasteiger partial charge in [-0.1, -0.05) is 52.3 Å². The Labute approximate surface area is 166 Å². The number of rotatable bonds is 6. The van der Waals surface area contributed by atoms with Crippen LogP contribution >= 0.6 is 15.9 Å². The van der Waals surface area contributed by atoms with Gasteiger partial charge in [-0.25, -0.2) is 4.98 Å². The Morgan fingerprint density at radius 3 is 2.56 bits per heavy atom. The van der Waals surface area contributed by atoms with Gasteiger partial charge in [-0.2, -0.15) is 0 Å². The Hall–Kier alpha value is -2.60. The number of carbonyl (C=O) groups excluding carboxylic acids is 1. The normalized spacial score (nSPS) is 13.5. The topological polar surface area (TPSA) is 72.9 Å². The van der Waals surface area contributed by atoms with Crippen LogP contribution < -0.4 is 11.1 Å². The van der Waals surface area contributed by atoms with Crippen LogP contribution in [0.1, 0.15) is 18.5 Å². The molecule has 0 spiro atoms. The molecule has 1 heterocycles. The van der Waals surface area contributed by atoms with E-state index in [4.69, 9.17) is 5.73 Å². The molecule has 1 amide bonds. The van der Waals surface area contributed by atoms with Gasteiger partial charge >= 0.3 is 0 Å². The van der Waals surface area contributed by atoms with Gasteiger partial charge < -0.3 is 15.6 Å². The van der Waals surface area contributed by atoms with Gasteiger partial charge in [-0.15, -0.1) is 0 Å². The van der Waals surface area contributed by atoms with E-state index in [1.54, 1.807) is 0 Å². The van der Waals surface area contributed by atoms with Crippen LogP contribution in [0.5, 0.6) is 0 Å². The van der Waals surface area contributed by atoms with Gasteiger partial charge in [0.2, 0.25) is 11.9 Å². The highest BCUT2D eigenvalue weighted by Crippen LogP contribution is 2.38. The maximum Gasteiger partial charge on any atom is 0.244 e. The number of imidazole rings is 1. The van der Waals surface area contributed by atoms with E-state index in [-0.39, 0.29) is 12.5 Å². The molecule has 1 saturated carbocycles. The van der Waals surface area contributed by atoms with Crippen molar-refractivity contribution < 1.29 is 4.79 Å². The molecular formula is C21H21BrN4O. The zero-order valence-corrected chi connectivity index (χ0v) is 16.4. The summed E-state index contributed by atoms with van der Waals surface area (Å²) in [6.07, 6.45) is 3.36. The molecule has 3 aromatic rings. The van der Waals surface area contributed by atoms with Crippen LogP contribution in [0.15, 0.2) is 59.1 Å². The summed E-state index contributed by atoms with van der Waals surface area (Å²) in [6.45, 7) is 0.120. The summed E-state index contributed by atoms with van der Waals surface area (Å²) in [6, 6.07) is 17.4. The summed E-state index contributed by atoms with van der Waals surface area (Å²) in [5.74, 6) is 0.920. The van der Waals surface area contributed by atoms with Crippen LogP contribution in [-0.4, -0.2) is 15.5 Å². The summed E-state index contributed by atoms with van der Waals surface area (Å²) in [7, 11) is 0. The quantitative estimate of drug-likeness (QED) is 0.612. The molecule has 1 aliphatic carbocycles. The molecule has 27 heavy (non-hydrogen) atoms. The molecule has 6 heteroatoms. The average Bonchev–Trinajstić information content (AvgIpc) is 3.42. The van der Waals surface area contributed by atoms with Crippen LogP contribution in [0.25, 0.3) is 11.3 Å². The second-order valence-corrected chi connectivity index (χ2v) is 7.75. The van der Waals surface area contributed by atoms with Crippen molar-refractivity contribution in [2.75, 3.05) is 11.1 Å². The van der Waals surface area contributed by atoms with E-state index >= 15 is 0 Å². The lowest BCUT2D eigenvalue weighted by Crippen LogP contribution is -2.20. The molecule has 4 rings (SSSR count). The number of hydrogen-bond acceptors (Lipinski definition) is 3. The number of hydrogen-bond donors (Lipinski definition) is 2. The zero-order chi connectivity index (χ0) is 18.8. The minimum absolute atomic E-state index is 0.120. The van der Waals surface area contributed by atoms with Crippen molar-refractivity contribution in [3.8, 4) is 11.3 Å². The number of nitrogen functional groups attached to an aromatic ring is 1. The highest BCUT2D eigenvalue weighted by Gasteiger charge is 2.27. The van der Waals surface area contributed by atoms with Crippen LogP contribution in [0.2, 0.25) is 0 Å². The van der Waals surface area contributed by atoms with Gasteiger partial charge in [0.25, 0.3) is 0 Å². The van der Waals surface area contributed by atoms with E-state index in [2.05, 4.69) is 26.2 Å². The molecule has 5 nitrogen and oxygen atoms in total. The number of anilines is 2. The molecule has 0 unspecified atom stereocenters. The Morgan fingerprint density at radius 2 is 1.85 bits per heavy atom. The van der Waals surface area contributed by atoms with Gasteiger partial charge in [-0.3, -0.25) is 4.79 Å². The number of halogens is 1. The summed E-state index contributed by atoms with van der Waals surface area (Å²) in [5.41, 5.74) is 9.89. The molecule has 1 aliphatic rings. The molecule has 138 valence electrons. The van der Waals surface area contributed by atoms with E-state index in [9.17, 15) is 4.79 Å². The second kappa shape index (κ2) is 7.56. The van der Waals surface area contributed by atoms with E-state index in [0.29, 0.717) is 11.9 Å².